The number of hydrogen-bond acceptors (Lipinski definition) is 8. The van der Waals surface area contributed by atoms with Crippen LogP contribution in [0, 0.1) is 0 Å². The molecule has 0 atom stereocenters. The molecule has 0 radical (unpaired) electrons. The van der Waals surface area contributed by atoms with Crippen LogP contribution in [0.4, 0.5) is 17.6 Å². The van der Waals surface area contributed by atoms with Crippen LogP contribution in [0.15, 0.2) is 42.6 Å². The van der Waals surface area contributed by atoms with E-state index in [-0.39, 0.29) is 12.2 Å². The fourth-order valence-corrected chi connectivity index (χ4v) is 4.65. The maximum Gasteiger partial charge on any atom is 0.227 e. The SMILES string of the molecule is O[C@H]1CC[C@@H](Oc2cccc3cnc(Nc4ccc5nc(N6CCOCC6)[nH]c5c4)nc23)CC1. The van der Waals surface area contributed by atoms with Gasteiger partial charge < -0.3 is 29.8 Å². The first-order valence-electron chi connectivity index (χ1n) is 11.9. The van der Waals surface area contributed by atoms with E-state index < -0.39 is 0 Å². The fraction of sp³-hybridized carbons (Fsp3) is 0.400. The molecule has 0 spiro atoms. The Morgan fingerprint density at radius 1 is 1.06 bits per heavy atom. The second-order valence-corrected chi connectivity index (χ2v) is 8.95. The van der Waals surface area contributed by atoms with Crippen molar-refractivity contribution in [1.29, 1.82) is 0 Å². The van der Waals surface area contributed by atoms with Gasteiger partial charge in [0.1, 0.15) is 11.3 Å². The molecule has 3 N–H and O–H groups in total. The van der Waals surface area contributed by atoms with E-state index in [1.54, 1.807) is 0 Å². The first kappa shape index (κ1) is 21.1. The lowest BCUT2D eigenvalue weighted by Crippen LogP contribution is -2.36. The molecule has 1 aliphatic carbocycles. The summed E-state index contributed by atoms with van der Waals surface area (Å²) in [5.74, 6) is 2.13. The summed E-state index contributed by atoms with van der Waals surface area (Å²) in [5, 5.41) is 14.0. The summed E-state index contributed by atoms with van der Waals surface area (Å²) < 4.78 is 11.7. The van der Waals surface area contributed by atoms with Gasteiger partial charge in [0, 0.05) is 30.4 Å². The molecule has 1 aliphatic heterocycles. The molecule has 6 rings (SSSR count). The Bertz CT molecular complexity index is 1290. The van der Waals surface area contributed by atoms with Gasteiger partial charge >= 0.3 is 0 Å². The van der Waals surface area contributed by atoms with Gasteiger partial charge in [0.2, 0.25) is 11.9 Å². The quantitative estimate of drug-likeness (QED) is 0.413. The Hall–Kier alpha value is -3.43. The van der Waals surface area contributed by atoms with Crippen molar-refractivity contribution >= 4 is 39.5 Å². The van der Waals surface area contributed by atoms with Crippen molar-refractivity contribution in [2.24, 2.45) is 0 Å². The second kappa shape index (κ2) is 9.08. The molecule has 34 heavy (non-hydrogen) atoms. The molecule has 2 aromatic heterocycles. The Labute approximate surface area is 197 Å². The van der Waals surface area contributed by atoms with Gasteiger partial charge in [-0.1, -0.05) is 12.1 Å². The first-order chi connectivity index (χ1) is 16.7. The maximum atomic E-state index is 9.78. The van der Waals surface area contributed by atoms with E-state index >= 15 is 0 Å². The molecule has 9 heteroatoms. The molecule has 2 fully saturated rings. The van der Waals surface area contributed by atoms with E-state index in [2.05, 4.69) is 20.2 Å². The van der Waals surface area contributed by atoms with E-state index in [0.717, 1.165) is 91.3 Å². The van der Waals surface area contributed by atoms with Crippen LogP contribution in [0.5, 0.6) is 5.75 Å². The number of nitrogens with one attached hydrogen (secondary N) is 2. The van der Waals surface area contributed by atoms with Crippen LogP contribution < -0.4 is 15.0 Å². The van der Waals surface area contributed by atoms with Gasteiger partial charge in [0.05, 0.1) is 36.5 Å². The van der Waals surface area contributed by atoms with E-state index in [4.69, 9.17) is 19.4 Å². The number of morpholine rings is 1. The van der Waals surface area contributed by atoms with Gasteiger partial charge in [-0.2, -0.15) is 0 Å². The number of H-pyrrole nitrogens is 1. The van der Waals surface area contributed by atoms with Gasteiger partial charge in [-0.15, -0.1) is 0 Å². The molecule has 4 aromatic rings. The van der Waals surface area contributed by atoms with Gasteiger partial charge in [-0.3, -0.25) is 0 Å². The lowest BCUT2D eigenvalue weighted by Gasteiger charge is -2.26. The number of aromatic nitrogens is 4. The summed E-state index contributed by atoms with van der Waals surface area (Å²) in [6, 6.07) is 11.9. The zero-order valence-electron chi connectivity index (χ0n) is 18.9. The van der Waals surface area contributed by atoms with Crippen LogP contribution >= 0.6 is 0 Å². The monoisotopic (exact) mass is 460 g/mol. The molecule has 2 aliphatic rings. The van der Waals surface area contributed by atoms with Gasteiger partial charge in [-0.05, 0) is 49.9 Å². The Morgan fingerprint density at radius 3 is 2.76 bits per heavy atom. The molecule has 0 amide bonds. The van der Waals surface area contributed by atoms with E-state index in [1.165, 1.54) is 0 Å². The summed E-state index contributed by atoms with van der Waals surface area (Å²) in [5.41, 5.74) is 3.53. The minimum atomic E-state index is -0.206. The molecule has 3 heterocycles. The molecule has 176 valence electrons. The normalized spacial score (nSPS) is 21.1. The highest BCUT2D eigenvalue weighted by Crippen LogP contribution is 2.30. The van der Waals surface area contributed by atoms with Crippen LogP contribution in [0.2, 0.25) is 0 Å². The van der Waals surface area contributed by atoms with Crippen molar-refractivity contribution in [3.63, 3.8) is 0 Å². The van der Waals surface area contributed by atoms with Crippen LogP contribution in [-0.2, 0) is 4.74 Å². The summed E-state index contributed by atoms with van der Waals surface area (Å²) in [6.45, 7) is 3.11. The van der Waals surface area contributed by atoms with Crippen molar-refractivity contribution in [3.8, 4) is 5.75 Å². The molecule has 1 saturated carbocycles. The number of aromatic amines is 1. The molecule has 9 nitrogen and oxygen atoms in total. The van der Waals surface area contributed by atoms with Crippen molar-refractivity contribution in [3.05, 3.63) is 42.6 Å². The van der Waals surface area contributed by atoms with Gasteiger partial charge in [-0.25, -0.2) is 15.0 Å². The van der Waals surface area contributed by atoms with E-state index in [0.29, 0.717) is 5.95 Å². The Morgan fingerprint density at radius 2 is 1.91 bits per heavy atom. The lowest BCUT2D eigenvalue weighted by atomic mass is 9.95. The first-order valence-corrected chi connectivity index (χ1v) is 11.9. The smallest absolute Gasteiger partial charge is 0.227 e. The van der Waals surface area contributed by atoms with Crippen LogP contribution in [0.1, 0.15) is 25.7 Å². The molecule has 2 aromatic carbocycles. The zero-order chi connectivity index (χ0) is 22.9. The number of para-hydroxylation sites is 1. The second-order valence-electron chi connectivity index (χ2n) is 8.95. The number of anilines is 3. The summed E-state index contributed by atoms with van der Waals surface area (Å²) >= 11 is 0. The highest BCUT2D eigenvalue weighted by Gasteiger charge is 2.22. The van der Waals surface area contributed by atoms with Crippen LogP contribution in [0.3, 0.4) is 0 Å². The third kappa shape index (κ3) is 4.36. The largest absolute Gasteiger partial charge is 0.488 e. The predicted molar refractivity (Wildman–Crippen MR) is 131 cm³/mol. The highest BCUT2D eigenvalue weighted by atomic mass is 16.5. The molecule has 1 saturated heterocycles. The Kier molecular flexibility index (Phi) is 5.64. The number of hydrogen-bond donors (Lipinski definition) is 3. The van der Waals surface area contributed by atoms with Crippen molar-refractivity contribution in [2.45, 2.75) is 37.9 Å². The van der Waals surface area contributed by atoms with Gasteiger partial charge in [0.15, 0.2) is 0 Å². The number of nitrogens with zero attached hydrogens (tertiary/aromatic N) is 4. The van der Waals surface area contributed by atoms with Crippen molar-refractivity contribution in [2.75, 3.05) is 36.5 Å². The third-order valence-electron chi connectivity index (χ3n) is 6.55. The number of imidazole rings is 1. The number of aliphatic hydroxyl groups is 1. The fourth-order valence-electron chi connectivity index (χ4n) is 4.65. The number of fused-ring (bicyclic) bond motifs is 2. The molecule has 0 unspecified atom stereocenters. The topological polar surface area (TPSA) is 108 Å². The minimum absolute atomic E-state index is 0.101. The standard InChI is InChI=1S/C25H28N6O3/c32-18-5-7-19(8-6-18)34-22-3-1-2-16-15-26-24(30-23(16)22)27-17-4-9-20-21(14-17)29-25(28-20)31-10-12-33-13-11-31/h1-4,9,14-15,18-19,32H,5-8,10-13H2,(H,28,29)(H,26,27,30)/t18-,19+. The van der Waals surface area contributed by atoms with Crippen LogP contribution in [-0.4, -0.2) is 63.6 Å². The molecule has 0 bridgehead atoms. The summed E-state index contributed by atoms with van der Waals surface area (Å²) in [7, 11) is 0. The van der Waals surface area contributed by atoms with Gasteiger partial charge in [0.25, 0.3) is 0 Å². The summed E-state index contributed by atoms with van der Waals surface area (Å²) in [6.07, 6.45) is 4.97. The summed E-state index contributed by atoms with van der Waals surface area (Å²) in [4.78, 5) is 19.6. The number of ether oxygens (including phenoxy) is 2. The minimum Gasteiger partial charge on any atom is -0.488 e. The van der Waals surface area contributed by atoms with Crippen molar-refractivity contribution < 1.29 is 14.6 Å². The van der Waals surface area contributed by atoms with Crippen LogP contribution in [0.25, 0.3) is 21.9 Å². The lowest BCUT2D eigenvalue weighted by molar-refractivity contribution is 0.0672. The third-order valence-corrected chi connectivity index (χ3v) is 6.55. The average Bonchev–Trinajstić information content (AvgIpc) is 3.30. The number of rotatable bonds is 5. The van der Waals surface area contributed by atoms with E-state index in [1.807, 2.05) is 42.6 Å². The number of benzene rings is 2. The Balaban J connectivity index is 1.23. The number of aliphatic hydroxyl groups excluding tert-OH is 1. The van der Waals surface area contributed by atoms with E-state index in [9.17, 15) is 5.11 Å². The maximum absolute atomic E-state index is 9.78. The van der Waals surface area contributed by atoms with Crippen molar-refractivity contribution in [1.82, 2.24) is 19.9 Å². The predicted octanol–water partition coefficient (Wildman–Crippen LogP) is 3.77. The highest BCUT2D eigenvalue weighted by molar-refractivity contribution is 5.86. The zero-order valence-corrected chi connectivity index (χ0v) is 18.9. The molecular formula is C25H28N6O3. The molecular weight excluding hydrogens is 432 g/mol. The average molecular weight is 461 g/mol.